The summed E-state index contributed by atoms with van der Waals surface area (Å²) in [6, 6.07) is 18.5. The Labute approximate surface area is 240 Å². The number of benzene rings is 3. The standard InChI is InChI=1S/C31H26F3N3O4S/c1-19(23-11-7-21(16-35)8-12-23)37-18-27(30(39)36-17-22-9-13-26(14-10-22)42(3,40)41)29(38)28(20(37)2)24-5-4-6-25(15-24)31(32,33)34/h4-15,18-19H,17H2,1-3H3,(H,36,39). The number of rotatable bonds is 7. The van der Waals surface area contributed by atoms with Crippen LogP contribution < -0.4 is 10.7 Å². The van der Waals surface area contributed by atoms with E-state index in [1.165, 1.54) is 42.6 Å². The first kappa shape index (κ1) is 30.3. The molecule has 0 aliphatic rings. The zero-order valence-electron chi connectivity index (χ0n) is 22.9. The van der Waals surface area contributed by atoms with Crippen molar-refractivity contribution >= 4 is 15.7 Å². The van der Waals surface area contributed by atoms with Gasteiger partial charge < -0.3 is 9.88 Å². The molecule has 4 aromatic rings. The second-order valence-electron chi connectivity index (χ2n) is 9.83. The molecule has 1 N–H and O–H groups in total. The number of nitrogens with one attached hydrogen (secondary N) is 1. The molecule has 1 aromatic heterocycles. The molecule has 0 saturated heterocycles. The molecule has 0 spiro atoms. The highest BCUT2D eigenvalue weighted by Crippen LogP contribution is 2.33. The van der Waals surface area contributed by atoms with E-state index in [-0.39, 0.29) is 28.1 Å². The average molecular weight is 594 g/mol. The second-order valence-corrected chi connectivity index (χ2v) is 11.8. The SMILES string of the molecule is Cc1c(-c2cccc(C(F)(F)F)c2)c(=O)c(C(=O)NCc2ccc(S(C)(=O)=O)cc2)cn1C(C)c1ccc(C#N)cc1. The van der Waals surface area contributed by atoms with Gasteiger partial charge in [0.15, 0.2) is 9.84 Å². The van der Waals surface area contributed by atoms with Gasteiger partial charge in [-0.25, -0.2) is 8.42 Å². The van der Waals surface area contributed by atoms with Crippen molar-refractivity contribution < 1.29 is 26.4 Å². The van der Waals surface area contributed by atoms with E-state index in [0.29, 0.717) is 16.8 Å². The molecular weight excluding hydrogens is 567 g/mol. The molecule has 42 heavy (non-hydrogen) atoms. The molecule has 0 radical (unpaired) electrons. The molecule has 216 valence electrons. The molecule has 1 amide bonds. The molecule has 0 aliphatic carbocycles. The first-order valence-corrected chi connectivity index (χ1v) is 14.6. The van der Waals surface area contributed by atoms with Crippen molar-refractivity contribution in [3.63, 3.8) is 0 Å². The van der Waals surface area contributed by atoms with Gasteiger partial charge in [0.05, 0.1) is 28.1 Å². The number of carbonyl (C=O) groups excluding carboxylic acids is 1. The lowest BCUT2D eigenvalue weighted by atomic mass is 9.97. The molecule has 0 bridgehead atoms. The second kappa shape index (κ2) is 11.7. The van der Waals surface area contributed by atoms with Crippen LogP contribution in [0.4, 0.5) is 13.2 Å². The molecule has 1 unspecified atom stereocenters. The van der Waals surface area contributed by atoms with Gasteiger partial charge in [0.1, 0.15) is 5.56 Å². The lowest BCUT2D eigenvalue weighted by molar-refractivity contribution is -0.137. The fraction of sp³-hybridized carbons (Fsp3) is 0.194. The molecule has 1 heterocycles. The van der Waals surface area contributed by atoms with E-state index in [2.05, 4.69) is 5.32 Å². The summed E-state index contributed by atoms with van der Waals surface area (Å²) in [7, 11) is -3.40. The highest BCUT2D eigenvalue weighted by atomic mass is 32.2. The van der Waals surface area contributed by atoms with Crippen molar-refractivity contribution in [2.75, 3.05) is 6.26 Å². The number of halogens is 3. The van der Waals surface area contributed by atoms with E-state index in [0.717, 1.165) is 24.0 Å². The number of nitrogens with zero attached hydrogens (tertiary/aromatic N) is 2. The van der Waals surface area contributed by atoms with Crippen LogP contribution >= 0.6 is 0 Å². The van der Waals surface area contributed by atoms with E-state index < -0.39 is 39.0 Å². The summed E-state index contributed by atoms with van der Waals surface area (Å²) in [5.41, 5.74) is 0.131. The van der Waals surface area contributed by atoms with E-state index in [1.807, 2.05) is 6.07 Å². The predicted molar refractivity (Wildman–Crippen MR) is 152 cm³/mol. The maximum Gasteiger partial charge on any atom is 0.416 e. The van der Waals surface area contributed by atoms with Gasteiger partial charge >= 0.3 is 6.18 Å². The van der Waals surface area contributed by atoms with Crippen LogP contribution in [0.1, 0.15) is 51.3 Å². The Morgan fingerprint density at radius 1 is 1.05 bits per heavy atom. The van der Waals surface area contributed by atoms with Gasteiger partial charge in [0, 0.05) is 30.3 Å². The fourth-order valence-corrected chi connectivity index (χ4v) is 5.24. The quantitative estimate of drug-likeness (QED) is 0.298. The highest BCUT2D eigenvalue weighted by molar-refractivity contribution is 7.90. The minimum atomic E-state index is -4.64. The molecule has 4 rings (SSSR count). The molecule has 0 aliphatic heterocycles. The molecular formula is C31H26F3N3O4S. The summed E-state index contributed by atoms with van der Waals surface area (Å²) >= 11 is 0. The fourth-order valence-electron chi connectivity index (χ4n) is 4.61. The molecule has 0 fully saturated rings. The van der Waals surface area contributed by atoms with Crippen LogP contribution in [0.25, 0.3) is 11.1 Å². The van der Waals surface area contributed by atoms with Gasteiger partial charge in [-0.05, 0) is 66.9 Å². The lowest BCUT2D eigenvalue weighted by Gasteiger charge is -2.23. The number of pyridine rings is 1. The van der Waals surface area contributed by atoms with Gasteiger partial charge in [0.2, 0.25) is 5.43 Å². The number of sulfone groups is 1. The molecule has 1 atom stereocenters. The van der Waals surface area contributed by atoms with E-state index in [4.69, 9.17) is 5.26 Å². The van der Waals surface area contributed by atoms with Crippen LogP contribution in [0, 0.1) is 18.3 Å². The molecule has 3 aromatic carbocycles. The van der Waals surface area contributed by atoms with Crippen molar-refractivity contribution in [2.24, 2.45) is 0 Å². The average Bonchev–Trinajstić information content (AvgIpc) is 2.95. The Morgan fingerprint density at radius 3 is 2.26 bits per heavy atom. The van der Waals surface area contributed by atoms with E-state index >= 15 is 0 Å². The van der Waals surface area contributed by atoms with Crippen molar-refractivity contribution in [3.05, 3.63) is 123 Å². The third kappa shape index (κ3) is 6.44. The highest BCUT2D eigenvalue weighted by Gasteiger charge is 2.31. The Bertz CT molecular complexity index is 1860. The third-order valence-electron chi connectivity index (χ3n) is 6.96. The molecule has 11 heteroatoms. The van der Waals surface area contributed by atoms with Crippen molar-refractivity contribution in [2.45, 2.75) is 37.5 Å². The van der Waals surface area contributed by atoms with Crippen LogP contribution in [0.5, 0.6) is 0 Å². The lowest BCUT2D eigenvalue weighted by Crippen LogP contribution is -2.31. The summed E-state index contributed by atoms with van der Waals surface area (Å²) in [5, 5.41) is 11.8. The zero-order valence-corrected chi connectivity index (χ0v) is 23.7. The minimum Gasteiger partial charge on any atom is -0.348 e. The summed E-state index contributed by atoms with van der Waals surface area (Å²) in [6.45, 7) is 3.38. The van der Waals surface area contributed by atoms with Crippen molar-refractivity contribution in [1.82, 2.24) is 9.88 Å². The Hall–Kier alpha value is -4.69. The normalized spacial score (nSPS) is 12.4. The van der Waals surface area contributed by atoms with E-state index in [9.17, 15) is 31.2 Å². The van der Waals surface area contributed by atoms with Gasteiger partial charge in [-0.3, -0.25) is 9.59 Å². The molecule has 7 nitrogen and oxygen atoms in total. The largest absolute Gasteiger partial charge is 0.416 e. The number of aromatic nitrogens is 1. The topological polar surface area (TPSA) is 109 Å². The Balaban J connectivity index is 1.80. The zero-order chi connectivity index (χ0) is 30.8. The Morgan fingerprint density at radius 2 is 1.69 bits per heavy atom. The van der Waals surface area contributed by atoms with Crippen LogP contribution in [0.3, 0.4) is 0 Å². The smallest absolute Gasteiger partial charge is 0.348 e. The maximum absolute atomic E-state index is 13.7. The van der Waals surface area contributed by atoms with Gasteiger partial charge in [-0.15, -0.1) is 0 Å². The van der Waals surface area contributed by atoms with Crippen molar-refractivity contribution in [1.29, 1.82) is 5.26 Å². The summed E-state index contributed by atoms with van der Waals surface area (Å²) in [6.07, 6.45) is -2.19. The third-order valence-corrected chi connectivity index (χ3v) is 8.08. The van der Waals surface area contributed by atoms with Crippen LogP contribution in [0.2, 0.25) is 0 Å². The number of amides is 1. The summed E-state index contributed by atoms with van der Waals surface area (Å²) in [5.74, 6) is -0.749. The monoisotopic (exact) mass is 593 g/mol. The molecule has 0 saturated carbocycles. The van der Waals surface area contributed by atoms with Crippen LogP contribution in [-0.2, 0) is 22.6 Å². The Kier molecular flexibility index (Phi) is 8.40. The number of alkyl halides is 3. The number of hydrogen-bond donors (Lipinski definition) is 1. The summed E-state index contributed by atoms with van der Waals surface area (Å²) in [4.78, 5) is 27.2. The summed E-state index contributed by atoms with van der Waals surface area (Å²) < 4.78 is 65.7. The predicted octanol–water partition coefficient (Wildman–Crippen LogP) is 5.66. The maximum atomic E-state index is 13.7. The van der Waals surface area contributed by atoms with Gasteiger partial charge in [-0.1, -0.05) is 36.4 Å². The number of nitriles is 1. The number of carbonyl (C=O) groups is 1. The van der Waals surface area contributed by atoms with Crippen LogP contribution in [-0.4, -0.2) is 25.1 Å². The minimum absolute atomic E-state index is 0.0131. The van der Waals surface area contributed by atoms with Crippen molar-refractivity contribution in [3.8, 4) is 17.2 Å². The van der Waals surface area contributed by atoms with Crippen LogP contribution in [0.15, 0.2) is 88.7 Å². The first-order valence-electron chi connectivity index (χ1n) is 12.7. The van der Waals surface area contributed by atoms with Gasteiger partial charge in [-0.2, -0.15) is 18.4 Å². The number of hydrogen-bond acceptors (Lipinski definition) is 5. The first-order chi connectivity index (χ1) is 19.7. The van der Waals surface area contributed by atoms with E-state index in [1.54, 1.807) is 42.7 Å². The van der Waals surface area contributed by atoms with Gasteiger partial charge in [0.25, 0.3) is 5.91 Å².